The van der Waals surface area contributed by atoms with Crippen molar-refractivity contribution in [3.8, 4) is 0 Å². The van der Waals surface area contributed by atoms with Crippen molar-refractivity contribution in [2.24, 2.45) is 5.10 Å². The molecule has 23 heavy (non-hydrogen) atoms. The third kappa shape index (κ3) is 5.30. The Balaban J connectivity index is 2.31. The van der Waals surface area contributed by atoms with Crippen LogP contribution in [0.4, 0.5) is 4.79 Å². The number of hydrazone groups is 1. The third-order valence-electron chi connectivity index (χ3n) is 3.20. The Bertz CT molecular complexity index is 685. The summed E-state index contributed by atoms with van der Waals surface area (Å²) in [5.74, 6) is 1.07. The molecule has 4 nitrogen and oxygen atoms in total. The molecule has 0 radical (unpaired) electrons. The highest BCUT2D eigenvalue weighted by Crippen LogP contribution is 2.16. The van der Waals surface area contributed by atoms with Gasteiger partial charge in [0.1, 0.15) is 0 Å². The van der Waals surface area contributed by atoms with Crippen molar-refractivity contribution in [2.75, 3.05) is 12.0 Å². The van der Waals surface area contributed by atoms with Crippen LogP contribution in [0.5, 0.6) is 0 Å². The van der Waals surface area contributed by atoms with Crippen molar-refractivity contribution in [2.45, 2.75) is 6.42 Å². The first-order chi connectivity index (χ1) is 11.1. The normalized spacial score (nSPS) is 11.3. The minimum atomic E-state index is -1.20. The molecule has 0 aliphatic carbocycles. The highest BCUT2D eigenvalue weighted by atomic mass is 35.5. The standard InChI is InChI=1S/C17H17ClN2O2S/c1-23-11-10-12-2-4-13(5-3-12)16(19-20-17(21)22)14-6-8-15(18)9-7-14/h2-9,20H,10-11H2,1H3,(H,21,22)/b19-16-. The number of carbonyl (C=O) groups is 1. The monoisotopic (exact) mass is 348 g/mol. The Hall–Kier alpha value is -1.98. The first-order valence-electron chi connectivity index (χ1n) is 7.01. The molecular weight excluding hydrogens is 332 g/mol. The van der Waals surface area contributed by atoms with E-state index in [4.69, 9.17) is 16.7 Å². The van der Waals surface area contributed by atoms with Crippen LogP contribution in [0.1, 0.15) is 16.7 Å². The highest BCUT2D eigenvalue weighted by Gasteiger charge is 2.08. The van der Waals surface area contributed by atoms with Gasteiger partial charge in [-0.1, -0.05) is 48.0 Å². The van der Waals surface area contributed by atoms with Gasteiger partial charge in [0.05, 0.1) is 5.71 Å². The van der Waals surface area contributed by atoms with E-state index in [2.05, 4.69) is 16.8 Å². The molecule has 2 N–H and O–H groups in total. The van der Waals surface area contributed by atoms with Gasteiger partial charge in [-0.15, -0.1) is 0 Å². The summed E-state index contributed by atoms with van der Waals surface area (Å²) in [4.78, 5) is 10.8. The fourth-order valence-electron chi connectivity index (χ4n) is 2.06. The van der Waals surface area contributed by atoms with Crippen LogP contribution < -0.4 is 5.43 Å². The predicted molar refractivity (Wildman–Crippen MR) is 96.8 cm³/mol. The summed E-state index contributed by atoms with van der Waals surface area (Å²) >= 11 is 7.71. The van der Waals surface area contributed by atoms with Crippen LogP contribution in [-0.2, 0) is 6.42 Å². The molecule has 0 spiro atoms. The first kappa shape index (κ1) is 17.4. The van der Waals surface area contributed by atoms with E-state index in [0.717, 1.165) is 23.3 Å². The van der Waals surface area contributed by atoms with Crippen molar-refractivity contribution in [3.05, 3.63) is 70.2 Å². The van der Waals surface area contributed by atoms with E-state index in [0.29, 0.717) is 10.7 Å². The van der Waals surface area contributed by atoms with Crippen LogP contribution in [0.2, 0.25) is 5.02 Å². The van der Waals surface area contributed by atoms with Crippen molar-refractivity contribution in [1.82, 2.24) is 5.43 Å². The van der Waals surface area contributed by atoms with Crippen LogP contribution in [-0.4, -0.2) is 28.9 Å². The number of nitrogens with zero attached hydrogens (tertiary/aromatic N) is 1. The van der Waals surface area contributed by atoms with E-state index in [1.807, 2.05) is 36.4 Å². The second kappa shape index (κ2) is 8.60. The molecule has 120 valence electrons. The van der Waals surface area contributed by atoms with Gasteiger partial charge in [-0.3, -0.25) is 0 Å². The molecule has 0 bridgehead atoms. The number of thioether (sulfide) groups is 1. The van der Waals surface area contributed by atoms with Gasteiger partial charge in [-0.2, -0.15) is 16.9 Å². The van der Waals surface area contributed by atoms with Crippen molar-refractivity contribution in [3.63, 3.8) is 0 Å². The molecule has 0 atom stereocenters. The fraction of sp³-hybridized carbons (Fsp3) is 0.176. The average Bonchev–Trinajstić information content (AvgIpc) is 2.55. The second-order valence-corrected chi connectivity index (χ2v) is 6.25. The maximum Gasteiger partial charge on any atom is 0.425 e. The Labute approximate surface area is 144 Å². The van der Waals surface area contributed by atoms with Crippen LogP contribution in [0.15, 0.2) is 53.6 Å². The van der Waals surface area contributed by atoms with Crippen LogP contribution in [0.3, 0.4) is 0 Å². The first-order valence-corrected chi connectivity index (χ1v) is 8.78. The van der Waals surface area contributed by atoms with E-state index in [-0.39, 0.29) is 0 Å². The number of aryl methyl sites for hydroxylation is 1. The summed E-state index contributed by atoms with van der Waals surface area (Å²) in [6.45, 7) is 0. The molecule has 2 aromatic carbocycles. The number of halogens is 1. The van der Waals surface area contributed by atoms with Gasteiger partial charge in [-0.05, 0) is 36.1 Å². The SMILES string of the molecule is CSCCc1ccc(/C(=N/NC(=O)O)c2ccc(Cl)cc2)cc1. The summed E-state index contributed by atoms with van der Waals surface area (Å²) < 4.78 is 0. The number of nitrogens with one attached hydrogen (secondary N) is 1. The summed E-state index contributed by atoms with van der Waals surface area (Å²) in [7, 11) is 0. The molecular formula is C17H17ClN2O2S. The third-order valence-corrected chi connectivity index (χ3v) is 4.07. The molecule has 0 heterocycles. The zero-order valence-electron chi connectivity index (χ0n) is 12.6. The molecule has 0 saturated carbocycles. The smallest absolute Gasteiger partial charge is 0.425 e. The Morgan fingerprint density at radius 2 is 1.70 bits per heavy atom. The lowest BCUT2D eigenvalue weighted by molar-refractivity contribution is 0.195. The van der Waals surface area contributed by atoms with Crippen molar-refractivity contribution in [1.29, 1.82) is 0 Å². The van der Waals surface area contributed by atoms with E-state index >= 15 is 0 Å². The summed E-state index contributed by atoms with van der Waals surface area (Å²) in [6, 6.07) is 15.1. The second-order valence-electron chi connectivity index (χ2n) is 4.82. The van der Waals surface area contributed by atoms with Crippen molar-refractivity contribution >= 4 is 35.2 Å². The minimum absolute atomic E-state index is 0.556. The van der Waals surface area contributed by atoms with Crippen LogP contribution in [0.25, 0.3) is 0 Å². The number of hydrogen-bond acceptors (Lipinski definition) is 3. The largest absolute Gasteiger partial charge is 0.464 e. The molecule has 0 saturated heterocycles. The van der Waals surface area contributed by atoms with Gasteiger partial charge in [0.15, 0.2) is 0 Å². The number of benzene rings is 2. The van der Waals surface area contributed by atoms with Gasteiger partial charge in [-0.25, -0.2) is 10.2 Å². The number of amides is 1. The van der Waals surface area contributed by atoms with E-state index in [1.54, 1.807) is 23.9 Å². The van der Waals surface area contributed by atoms with Gasteiger partial charge in [0, 0.05) is 16.1 Å². The fourth-order valence-corrected chi connectivity index (χ4v) is 2.62. The number of rotatable bonds is 6. The molecule has 0 aromatic heterocycles. The average molecular weight is 349 g/mol. The Morgan fingerprint density at radius 1 is 1.13 bits per heavy atom. The van der Waals surface area contributed by atoms with Gasteiger partial charge < -0.3 is 5.11 Å². The molecule has 0 fully saturated rings. The van der Waals surface area contributed by atoms with Crippen LogP contribution in [0, 0.1) is 0 Å². The number of carboxylic acid groups (broad SMARTS) is 1. The summed E-state index contributed by atoms with van der Waals surface area (Å²) in [5.41, 5.74) is 5.50. The van der Waals surface area contributed by atoms with Gasteiger partial charge >= 0.3 is 6.09 Å². The van der Waals surface area contributed by atoms with Crippen molar-refractivity contribution < 1.29 is 9.90 Å². The molecule has 6 heteroatoms. The molecule has 2 aromatic rings. The van der Waals surface area contributed by atoms with Gasteiger partial charge in [0.2, 0.25) is 0 Å². The lowest BCUT2D eigenvalue weighted by Gasteiger charge is -2.08. The quantitative estimate of drug-likeness (QED) is 0.605. The zero-order chi connectivity index (χ0) is 16.7. The molecule has 0 aliphatic heterocycles. The van der Waals surface area contributed by atoms with E-state index < -0.39 is 6.09 Å². The molecule has 2 rings (SSSR count). The minimum Gasteiger partial charge on any atom is -0.464 e. The zero-order valence-corrected chi connectivity index (χ0v) is 14.2. The maximum atomic E-state index is 10.8. The summed E-state index contributed by atoms with van der Waals surface area (Å²) in [5, 5.41) is 13.4. The lowest BCUT2D eigenvalue weighted by Crippen LogP contribution is -2.18. The predicted octanol–water partition coefficient (Wildman–Crippen LogP) is 4.27. The lowest BCUT2D eigenvalue weighted by atomic mass is 10.0. The highest BCUT2D eigenvalue weighted by molar-refractivity contribution is 7.98. The van der Waals surface area contributed by atoms with Crippen LogP contribution >= 0.6 is 23.4 Å². The van der Waals surface area contributed by atoms with Gasteiger partial charge in [0.25, 0.3) is 0 Å². The number of hydrogen-bond donors (Lipinski definition) is 2. The molecule has 0 unspecified atom stereocenters. The molecule has 1 amide bonds. The van der Waals surface area contributed by atoms with E-state index in [1.165, 1.54) is 5.56 Å². The summed E-state index contributed by atoms with van der Waals surface area (Å²) in [6.07, 6.45) is 1.88. The Morgan fingerprint density at radius 3 is 2.22 bits per heavy atom. The molecule has 0 aliphatic rings. The topological polar surface area (TPSA) is 61.7 Å². The Kier molecular flexibility index (Phi) is 6.50. The van der Waals surface area contributed by atoms with E-state index in [9.17, 15) is 4.79 Å². The maximum absolute atomic E-state index is 10.8.